The van der Waals surface area contributed by atoms with E-state index in [0.29, 0.717) is 0 Å². The van der Waals surface area contributed by atoms with Gasteiger partial charge in [0.25, 0.3) is 0 Å². The van der Waals surface area contributed by atoms with E-state index in [1.54, 1.807) is 0 Å². The molecule has 5 heteroatoms. The van der Waals surface area contributed by atoms with Gasteiger partial charge in [-0.05, 0) is 27.4 Å². The normalized spacial score (nSPS) is 12.3. The minimum atomic E-state index is -0.501. The maximum atomic E-state index is 12.0. The molecule has 1 heterocycles. The molecule has 0 radical (unpaired) electrons. The van der Waals surface area contributed by atoms with E-state index in [-0.39, 0.29) is 12.4 Å². The first-order valence-electron chi connectivity index (χ1n) is 2.80. The summed E-state index contributed by atoms with van der Waals surface area (Å²) in [6.07, 6.45) is 0. The number of nitrogens with two attached hydrogens (primary N) is 1. The lowest BCUT2D eigenvalue weighted by Crippen LogP contribution is -2.10. The molecule has 2 N–H and O–H groups in total. The molecule has 1 atom stereocenters. The molecule has 64 valence electrons. The summed E-state index contributed by atoms with van der Waals surface area (Å²) < 4.78 is 12.9. The summed E-state index contributed by atoms with van der Waals surface area (Å²) >= 11 is 4.74. The smallest absolute Gasteiger partial charge is 0.109 e. The summed E-state index contributed by atoms with van der Waals surface area (Å²) in [5.74, 6) is 0. The number of hydrogen-bond acceptors (Lipinski definition) is 2. The Morgan fingerprint density at radius 2 is 2.36 bits per heavy atom. The quantitative estimate of drug-likeness (QED) is 0.869. The van der Waals surface area contributed by atoms with E-state index in [0.717, 1.165) is 9.35 Å². The molecule has 0 aliphatic carbocycles. The van der Waals surface area contributed by atoms with Crippen molar-refractivity contribution in [2.75, 3.05) is 6.67 Å². The Morgan fingerprint density at radius 1 is 1.73 bits per heavy atom. The molecule has 1 aromatic rings. The molecule has 0 bridgehead atoms. The molecule has 1 nitrogen and oxygen atoms in total. The van der Waals surface area contributed by atoms with E-state index in [2.05, 4.69) is 15.9 Å². The molecule has 0 unspecified atom stereocenters. The highest BCUT2D eigenvalue weighted by atomic mass is 79.9. The summed E-state index contributed by atoms with van der Waals surface area (Å²) in [5, 5.41) is 1.88. The molecule has 0 saturated carbocycles. The number of rotatable bonds is 2. The average Bonchev–Trinajstić information content (AvgIpc) is 2.34. The predicted molar refractivity (Wildman–Crippen MR) is 52.2 cm³/mol. The fourth-order valence-electron chi connectivity index (χ4n) is 0.640. The van der Waals surface area contributed by atoms with Crippen LogP contribution in [0.4, 0.5) is 4.39 Å². The van der Waals surface area contributed by atoms with Crippen molar-refractivity contribution in [1.29, 1.82) is 0 Å². The van der Waals surface area contributed by atoms with E-state index in [9.17, 15) is 4.39 Å². The van der Waals surface area contributed by atoms with Gasteiger partial charge in [-0.2, -0.15) is 0 Å². The molecular weight excluding hydrogens is 252 g/mol. The third kappa shape index (κ3) is 2.71. The van der Waals surface area contributed by atoms with Gasteiger partial charge in [-0.1, -0.05) is 0 Å². The van der Waals surface area contributed by atoms with Crippen molar-refractivity contribution < 1.29 is 4.39 Å². The fraction of sp³-hybridized carbons (Fsp3) is 0.333. The summed E-state index contributed by atoms with van der Waals surface area (Å²) in [6, 6.07) is 1.41. The molecule has 0 amide bonds. The van der Waals surface area contributed by atoms with Crippen LogP contribution >= 0.6 is 39.7 Å². The van der Waals surface area contributed by atoms with Crippen molar-refractivity contribution in [3.05, 3.63) is 20.8 Å². The van der Waals surface area contributed by atoms with Crippen LogP contribution in [0.25, 0.3) is 0 Å². The largest absolute Gasteiger partial charge is 0.321 e. The molecule has 1 aromatic heterocycles. The third-order valence-electron chi connectivity index (χ3n) is 1.15. The minimum Gasteiger partial charge on any atom is -0.321 e. The van der Waals surface area contributed by atoms with Crippen molar-refractivity contribution in [1.82, 2.24) is 0 Å². The Bertz CT molecular complexity index is 218. The van der Waals surface area contributed by atoms with Gasteiger partial charge in [0.15, 0.2) is 0 Å². The van der Waals surface area contributed by atoms with Crippen molar-refractivity contribution in [3.8, 4) is 0 Å². The predicted octanol–water partition coefficient (Wildman–Crippen LogP) is 2.90. The number of halogens is 3. The van der Waals surface area contributed by atoms with Gasteiger partial charge >= 0.3 is 0 Å². The van der Waals surface area contributed by atoms with Crippen LogP contribution in [0.2, 0.25) is 0 Å². The Labute approximate surface area is 83.3 Å². The standard InChI is InChI=1S/C6H7BrFNS.ClH/c7-4-1-2-10-6(4)5(9)3-8;/h1-2,5H,3,9H2;1H/t5-;/m1./s1. The van der Waals surface area contributed by atoms with Crippen molar-refractivity contribution in [2.24, 2.45) is 5.73 Å². The lowest BCUT2D eigenvalue weighted by molar-refractivity contribution is 0.440. The van der Waals surface area contributed by atoms with Crippen molar-refractivity contribution >= 4 is 39.7 Å². The Hall–Kier alpha value is 0.360. The van der Waals surface area contributed by atoms with E-state index < -0.39 is 12.7 Å². The van der Waals surface area contributed by atoms with E-state index in [1.807, 2.05) is 11.4 Å². The zero-order valence-electron chi connectivity index (χ0n) is 5.59. The minimum absolute atomic E-state index is 0. The van der Waals surface area contributed by atoms with E-state index in [4.69, 9.17) is 5.73 Å². The van der Waals surface area contributed by atoms with Gasteiger partial charge in [-0.3, -0.25) is 0 Å². The number of hydrogen-bond donors (Lipinski definition) is 1. The van der Waals surface area contributed by atoms with Gasteiger partial charge in [-0.15, -0.1) is 23.7 Å². The zero-order chi connectivity index (χ0) is 7.56. The second-order valence-corrected chi connectivity index (χ2v) is 3.70. The second-order valence-electron chi connectivity index (χ2n) is 1.89. The molecule has 0 spiro atoms. The molecule has 11 heavy (non-hydrogen) atoms. The Morgan fingerprint density at radius 3 is 2.73 bits per heavy atom. The third-order valence-corrected chi connectivity index (χ3v) is 3.15. The van der Waals surface area contributed by atoms with Gasteiger partial charge in [0.2, 0.25) is 0 Å². The van der Waals surface area contributed by atoms with Gasteiger partial charge < -0.3 is 5.73 Å². The highest BCUT2D eigenvalue weighted by Crippen LogP contribution is 2.27. The van der Waals surface area contributed by atoms with E-state index in [1.165, 1.54) is 11.3 Å². The van der Waals surface area contributed by atoms with Crippen LogP contribution in [-0.4, -0.2) is 6.67 Å². The van der Waals surface area contributed by atoms with Gasteiger partial charge in [0, 0.05) is 9.35 Å². The Kier molecular flexibility index (Phi) is 5.25. The first-order chi connectivity index (χ1) is 4.75. The summed E-state index contributed by atoms with van der Waals surface area (Å²) in [5.41, 5.74) is 5.44. The van der Waals surface area contributed by atoms with Crippen LogP contribution in [0.5, 0.6) is 0 Å². The molecule has 0 aliphatic heterocycles. The van der Waals surface area contributed by atoms with Gasteiger partial charge in [0.05, 0.1) is 6.04 Å². The summed E-state index contributed by atoms with van der Waals surface area (Å²) in [7, 11) is 0. The first-order valence-corrected chi connectivity index (χ1v) is 4.47. The highest BCUT2D eigenvalue weighted by molar-refractivity contribution is 9.10. The number of thiophene rings is 1. The van der Waals surface area contributed by atoms with Crippen LogP contribution in [0.3, 0.4) is 0 Å². The topological polar surface area (TPSA) is 26.0 Å². The van der Waals surface area contributed by atoms with E-state index >= 15 is 0 Å². The van der Waals surface area contributed by atoms with Crippen LogP contribution in [0.1, 0.15) is 10.9 Å². The van der Waals surface area contributed by atoms with Crippen LogP contribution in [0.15, 0.2) is 15.9 Å². The van der Waals surface area contributed by atoms with Gasteiger partial charge in [0.1, 0.15) is 6.67 Å². The van der Waals surface area contributed by atoms with Gasteiger partial charge in [-0.25, -0.2) is 4.39 Å². The Balaban J connectivity index is 0.000001000. The van der Waals surface area contributed by atoms with Crippen LogP contribution in [0, 0.1) is 0 Å². The summed E-state index contributed by atoms with van der Waals surface area (Å²) in [6.45, 7) is -0.501. The molecule has 0 fully saturated rings. The number of alkyl halides is 1. The lowest BCUT2D eigenvalue weighted by atomic mass is 10.3. The molecule has 0 aliphatic rings. The SMILES string of the molecule is Cl.N[C@H](CF)c1sccc1Br. The maximum Gasteiger partial charge on any atom is 0.109 e. The molecular formula is C6H8BrClFNS. The monoisotopic (exact) mass is 259 g/mol. The van der Waals surface area contributed by atoms with Crippen molar-refractivity contribution in [3.63, 3.8) is 0 Å². The molecule has 0 saturated heterocycles. The lowest BCUT2D eigenvalue weighted by Gasteiger charge is -2.02. The maximum absolute atomic E-state index is 12.0. The highest BCUT2D eigenvalue weighted by Gasteiger charge is 2.09. The average molecular weight is 261 g/mol. The molecule has 0 aromatic carbocycles. The van der Waals surface area contributed by atoms with Crippen molar-refractivity contribution in [2.45, 2.75) is 6.04 Å². The molecule has 1 rings (SSSR count). The van der Waals surface area contributed by atoms with Crippen LogP contribution < -0.4 is 5.73 Å². The first kappa shape index (κ1) is 11.4. The summed E-state index contributed by atoms with van der Waals surface area (Å²) in [4.78, 5) is 0.877. The zero-order valence-corrected chi connectivity index (χ0v) is 8.81. The second kappa shape index (κ2) is 5.09. The fourth-order valence-corrected chi connectivity index (χ4v) is 2.29. The van der Waals surface area contributed by atoms with Crippen LogP contribution in [-0.2, 0) is 0 Å².